The summed E-state index contributed by atoms with van der Waals surface area (Å²) in [6, 6.07) is -1.07. The summed E-state index contributed by atoms with van der Waals surface area (Å²) in [6.07, 6.45) is 2.11. The second-order valence-corrected chi connectivity index (χ2v) is 8.03. The molecule has 2 rings (SSSR count). The lowest BCUT2D eigenvalue weighted by molar-refractivity contribution is -0.143. The Kier molecular flexibility index (Phi) is 7.12. The predicted molar refractivity (Wildman–Crippen MR) is 110 cm³/mol. The smallest absolute Gasteiger partial charge is 0.340 e. The van der Waals surface area contributed by atoms with Gasteiger partial charge < -0.3 is 24.6 Å². The number of ether oxygens (including phenoxy) is 2. The molecular weight excluding hydrogens is 390 g/mol. The van der Waals surface area contributed by atoms with Gasteiger partial charge in [-0.25, -0.2) is 9.59 Å². The molecule has 0 saturated heterocycles. The van der Waals surface area contributed by atoms with E-state index in [2.05, 4.69) is 0 Å². The number of carboxylic acid groups (broad SMARTS) is 2. The molecule has 0 aliphatic carbocycles. The zero-order valence-corrected chi connectivity index (χ0v) is 18.2. The van der Waals surface area contributed by atoms with Crippen molar-refractivity contribution in [3.05, 3.63) is 33.9 Å². The van der Waals surface area contributed by atoms with Gasteiger partial charge in [0.05, 0.1) is 19.2 Å². The molecule has 8 nitrogen and oxygen atoms in total. The SMILES string of the molecule is COc1c(C)c(OCC=C(C)C)c2c(c1C(=O)O)C(=O)N([C@H](CC(C)C)C(=O)O)C2. The number of benzene rings is 1. The van der Waals surface area contributed by atoms with E-state index in [4.69, 9.17) is 9.47 Å². The van der Waals surface area contributed by atoms with Gasteiger partial charge in [-0.3, -0.25) is 4.79 Å². The number of allylic oxidation sites excluding steroid dienone is 1. The van der Waals surface area contributed by atoms with Crippen LogP contribution in [0.25, 0.3) is 0 Å². The topological polar surface area (TPSA) is 113 Å². The van der Waals surface area contributed by atoms with E-state index >= 15 is 0 Å². The number of nitrogens with zero attached hydrogens (tertiary/aromatic N) is 1. The summed E-state index contributed by atoms with van der Waals surface area (Å²) >= 11 is 0. The third kappa shape index (κ3) is 4.42. The number of methoxy groups -OCH3 is 1. The van der Waals surface area contributed by atoms with Crippen LogP contribution in [-0.4, -0.2) is 52.7 Å². The number of rotatable bonds is 9. The number of carbonyl (C=O) groups excluding carboxylic acids is 1. The lowest BCUT2D eigenvalue weighted by atomic mass is 9.96. The second-order valence-electron chi connectivity index (χ2n) is 8.03. The molecule has 0 radical (unpaired) electrons. The van der Waals surface area contributed by atoms with Crippen molar-refractivity contribution < 1.29 is 34.1 Å². The average Bonchev–Trinajstić information content (AvgIpc) is 2.96. The van der Waals surface area contributed by atoms with E-state index < -0.39 is 23.9 Å². The summed E-state index contributed by atoms with van der Waals surface area (Å²) in [5.74, 6) is -2.65. The first-order chi connectivity index (χ1) is 14.0. The number of aliphatic carboxylic acids is 1. The Morgan fingerprint density at radius 2 is 1.83 bits per heavy atom. The first-order valence-electron chi connectivity index (χ1n) is 9.77. The van der Waals surface area contributed by atoms with Crippen molar-refractivity contribution in [1.82, 2.24) is 4.90 Å². The normalized spacial score (nSPS) is 13.8. The third-order valence-electron chi connectivity index (χ3n) is 5.03. The Bertz CT molecular complexity index is 897. The van der Waals surface area contributed by atoms with Crippen LogP contribution in [0.4, 0.5) is 0 Å². The highest BCUT2D eigenvalue weighted by molar-refractivity contribution is 6.11. The van der Waals surface area contributed by atoms with Crippen LogP contribution in [0.3, 0.4) is 0 Å². The van der Waals surface area contributed by atoms with E-state index in [9.17, 15) is 24.6 Å². The van der Waals surface area contributed by atoms with E-state index in [1.807, 2.05) is 33.8 Å². The monoisotopic (exact) mass is 419 g/mol. The number of hydrogen-bond donors (Lipinski definition) is 2. The molecule has 0 aromatic heterocycles. The molecule has 0 unspecified atom stereocenters. The number of fused-ring (bicyclic) bond motifs is 1. The number of carboxylic acids is 2. The molecule has 1 amide bonds. The van der Waals surface area contributed by atoms with E-state index in [-0.39, 0.29) is 42.4 Å². The summed E-state index contributed by atoms with van der Waals surface area (Å²) in [5.41, 5.74) is 1.56. The molecule has 1 heterocycles. The van der Waals surface area contributed by atoms with Crippen LogP contribution < -0.4 is 9.47 Å². The Labute approximate surface area is 176 Å². The molecule has 0 spiro atoms. The van der Waals surface area contributed by atoms with Crippen molar-refractivity contribution in [2.24, 2.45) is 5.92 Å². The quantitative estimate of drug-likeness (QED) is 0.589. The van der Waals surface area contributed by atoms with E-state index in [1.54, 1.807) is 6.92 Å². The van der Waals surface area contributed by atoms with Crippen LogP contribution in [0.2, 0.25) is 0 Å². The van der Waals surface area contributed by atoms with Crippen LogP contribution in [0.5, 0.6) is 11.5 Å². The van der Waals surface area contributed by atoms with Crippen LogP contribution >= 0.6 is 0 Å². The zero-order valence-electron chi connectivity index (χ0n) is 18.2. The molecule has 1 aliphatic rings. The predicted octanol–water partition coefficient (Wildman–Crippen LogP) is 3.50. The maximum Gasteiger partial charge on any atom is 0.340 e. The molecule has 0 fully saturated rings. The van der Waals surface area contributed by atoms with Crippen molar-refractivity contribution >= 4 is 17.8 Å². The molecule has 1 atom stereocenters. The van der Waals surface area contributed by atoms with Crippen molar-refractivity contribution in [3.8, 4) is 11.5 Å². The zero-order chi connectivity index (χ0) is 22.7. The van der Waals surface area contributed by atoms with Gasteiger partial charge >= 0.3 is 11.9 Å². The van der Waals surface area contributed by atoms with Crippen LogP contribution in [0, 0.1) is 12.8 Å². The molecule has 1 aliphatic heterocycles. The molecule has 0 bridgehead atoms. The van der Waals surface area contributed by atoms with Gasteiger partial charge in [0.2, 0.25) is 0 Å². The highest BCUT2D eigenvalue weighted by Gasteiger charge is 2.43. The molecular formula is C22H29NO7. The van der Waals surface area contributed by atoms with Gasteiger partial charge in [0.25, 0.3) is 5.91 Å². The van der Waals surface area contributed by atoms with E-state index in [0.717, 1.165) is 5.57 Å². The first kappa shape index (κ1) is 23.3. The lowest BCUT2D eigenvalue weighted by Gasteiger charge is -2.25. The molecule has 1 aromatic rings. The van der Waals surface area contributed by atoms with Gasteiger partial charge in [-0.2, -0.15) is 0 Å². The molecule has 8 heteroatoms. The molecule has 30 heavy (non-hydrogen) atoms. The minimum absolute atomic E-state index is 0.0335. The fourth-order valence-electron chi connectivity index (χ4n) is 3.67. The molecule has 1 aromatic carbocycles. The minimum atomic E-state index is -1.31. The second kappa shape index (κ2) is 9.19. The number of carbonyl (C=O) groups is 3. The van der Waals surface area contributed by atoms with Crippen LogP contribution in [-0.2, 0) is 11.3 Å². The van der Waals surface area contributed by atoms with Gasteiger partial charge in [0.15, 0.2) is 0 Å². The summed E-state index contributed by atoms with van der Waals surface area (Å²) in [4.78, 5) is 38.4. The van der Waals surface area contributed by atoms with Crippen molar-refractivity contribution in [2.45, 2.75) is 53.6 Å². The van der Waals surface area contributed by atoms with Crippen LogP contribution in [0.1, 0.15) is 66.0 Å². The number of hydrogen-bond acceptors (Lipinski definition) is 5. The maximum absolute atomic E-state index is 13.2. The number of aromatic carboxylic acids is 1. The molecule has 0 saturated carbocycles. The Morgan fingerprint density at radius 3 is 2.30 bits per heavy atom. The summed E-state index contributed by atoms with van der Waals surface area (Å²) in [6.45, 7) is 9.44. The summed E-state index contributed by atoms with van der Waals surface area (Å²) in [7, 11) is 1.33. The van der Waals surface area contributed by atoms with Gasteiger partial charge in [-0.1, -0.05) is 19.4 Å². The Morgan fingerprint density at radius 1 is 1.20 bits per heavy atom. The van der Waals surface area contributed by atoms with Gasteiger partial charge in [-0.15, -0.1) is 0 Å². The van der Waals surface area contributed by atoms with Crippen LogP contribution in [0.15, 0.2) is 11.6 Å². The van der Waals surface area contributed by atoms with E-state index in [1.165, 1.54) is 12.0 Å². The van der Waals surface area contributed by atoms with Crippen molar-refractivity contribution in [2.75, 3.05) is 13.7 Å². The fourth-order valence-corrected chi connectivity index (χ4v) is 3.67. The molecule has 164 valence electrons. The van der Waals surface area contributed by atoms with E-state index in [0.29, 0.717) is 16.9 Å². The van der Waals surface area contributed by atoms with Gasteiger partial charge in [0.1, 0.15) is 29.7 Å². The molecule has 2 N–H and O–H groups in total. The maximum atomic E-state index is 13.2. The minimum Gasteiger partial charge on any atom is -0.495 e. The highest BCUT2D eigenvalue weighted by Crippen LogP contribution is 2.44. The third-order valence-corrected chi connectivity index (χ3v) is 5.03. The fraction of sp³-hybridized carbons (Fsp3) is 0.500. The lowest BCUT2D eigenvalue weighted by Crippen LogP contribution is -2.42. The first-order valence-corrected chi connectivity index (χ1v) is 9.77. The van der Waals surface area contributed by atoms with Crippen molar-refractivity contribution in [3.63, 3.8) is 0 Å². The standard InChI is InChI=1S/C22H29NO7/c1-11(2)7-8-30-18-13(5)19(29-6)17(22(27)28)16-14(18)10-23(20(16)24)15(21(25)26)9-12(3)4/h7,12,15H,8-10H2,1-6H3,(H,25,26)(H,27,28)/t15-/m1/s1. The summed E-state index contributed by atoms with van der Waals surface area (Å²) in [5, 5.41) is 19.5. The van der Waals surface area contributed by atoms with Gasteiger partial charge in [-0.05, 0) is 39.2 Å². The Hall–Kier alpha value is -3.03. The number of amides is 1. The Balaban J connectivity index is 2.68. The largest absolute Gasteiger partial charge is 0.495 e. The highest BCUT2D eigenvalue weighted by atomic mass is 16.5. The van der Waals surface area contributed by atoms with Gasteiger partial charge in [0, 0.05) is 11.1 Å². The average molecular weight is 419 g/mol. The van der Waals surface area contributed by atoms with Crippen molar-refractivity contribution in [1.29, 1.82) is 0 Å². The summed E-state index contributed by atoms with van der Waals surface area (Å²) < 4.78 is 11.2.